The van der Waals surface area contributed by atoms with Crippen molar-refractivity contribution in [2.45, 2.75) is 20.8 Å². The van der Waals surface area contributed by atoms with Gasteiger partial charge in [0.05, 0.1) is 40.3 Å². The highest BCUT2D eigenvalue weighted by Gasteiger charge is 2.22. The maximum Gasteiger partial charge on any atom is 0.229 e. The summed E-state index contributed by atoms with van der Waals surface area (Å²) < 4.78 is 14.7. The fraction of sp³-hybridized carbons (Fsp3) is 0.250. The van der Waals surface area contributed by atoms with Crippen LogP contribution in [-0.4, -0.2) is 73.1 Å². The topological polar surface area (TPSA) is 140 Å². The molecule has 0 aliphatic carbocycles. The maximum atomic E-state index is 14.7. The lowest BCUT2D eigenvalue weighted by atomic mass is 9.95. The number of likely N-dealkylation sites (N-methyl/N-ethyl adjacent to an activating group) is 1. The summed E-state index contributed by atoms with van der Waals surface area (Å²) in [6, 6.07) is 10.4. The van der Waals surface area contributed by atoms with E-state index in [1.807, 2.05) is 59.1 Å². The highest BCUT2D eigenvalue weighted by Crippen LogP contribution is 2.33. The molecule has 5 heterocycles. The number of carbonyl (C=O) groups is 1. The van der Waals surface area contributed by atoms with E-state index in [4.69, 9.17) is 9.97 Å². The Morgan fingerprint density at radius 1 is 0.909 bits per heavy atom. The molecule has 1 aromatic carbocycles. The first-order valence-electron chi connectivity index (χ1n) is 14.2. The normalized spacial score (nSPS) is 11.9. The number of halogens is 1. The molecule has 224 valence electrons. The summed E-state index contributed by atoms with van der Waals surface area (Å²) in [7, 11) is 3.98. The van der Waals surface area contributed by atoms with Crippen LogP contribution in [0.5, 0.6) is 0 Å². The molecule has 4 N–H and O–H groups in total. The van der Waals surface area contributed by atoms with Crippen LogP contribution in [0.4, 0.5) is 15.8 Å². The Balaban J connectivity index is 1.35. The van der Waals surface area contributed by atoms with Crippen LogP contribution in [0.2, 0.25) is 0 Å². The van der Waals surface area contributed by atoms with Gasteiger partial charge in [0, 0.05) is 47.7 Å². The molecule has 1 amide bonds. The van der Waals surface area contributed by atoms with Gasteiger partial charge in [-0.2, -0.15) is 5.10 Å². The predicted octanol–water partition coefficient (Wildman–Crippen LogP) is 5.72. The molecule has 0 unspecified atom stereocenters. The molecule has 0 saturated heterocycles. The Hall–Kier alpha value is -5.23. The summed E-state index contributed by atoms with van der Waals surface area (Å²) in [5.41, 5.74) is 6.66. The van der Waals surface area contributed by atoms with Crippen LogP contribution in [0.25, 0.3) is 56.0 Å². The van der Waals surface area contributed by atoms with Crippen molar-refractivity contribution in [1.29, 1.82) is 0 Å². The predicted molar refractivity (Wildman–Crippen MR) is 171 cm³/mol. The molecule has 0 aliphatic heterocycles. The van der Waals surface area contributed by atoms with Gasteiger partial charge in [0.25, 0.3) is 0 Å². The van der Waals surface area contributed by atoms with E-state index in [9.17, 15) is 9.18 Å². The monoisotopic (exact) mass is 592 g/mol. The number of anilines is 2. The second-order valence-corrected chi connectivity index (χ2v) is 12.0. The number of nitrogens with one attached hydrogen (secondary N) is 4. The number of amides is 1. The third kappa shape index (κ3) is 5.97. The molecule has 6 rings (SSSR count). The Morgan fingerprint density at radius 2 is 1.70 bits per heavy atom. The second-order valence-electron chi connectivity index (χ2n) is 12.0. The summed E-state index contributed by atoms with van der Waals surface area (Å²) in [6.45, 7) is 7.05. The number of benzene rings is 1. The highest BCUT2D eigenvalue weighted by atomic mass is 19.1. The fourth-order valence-corrected chi connectivity index (χ4v) is 4.72. The zero-order valence-corrected chi connectivity index (χ0v) is 25.2. The molecule has 44 heavy (non-hydrogen) atoms. The molecule has 0 spiro atoms. The molecule has 0 radical (unpaired) electrons. The zero-order chi connectivity index (χ0) is 31.0. The van der Waals surface area contributed by atoms with E-state index in [-0.39, 0.29) is 11.7 Å². The number of carbonyl (C=O) groups excluding carboxylic acids is 1. The van der Waals surface area contributed by atoms with Gasteiger partial charge in [0.2, 0.25) is 5.91 Å². The summed E-state index contributed by atoms with van der Waals surface area (Å²) in [5.74, 6) is 0.0372. The first-order valence-corrected chi connectivity index (χ1v) is 14.2. The van der Waals surface area contributed by atoms with Crippen molar-refractivity contribution < 1.29 is 9.18 Å². The van der Waals surface area contributed by atoms with Crippen LogP contribution in [0, 0.1) is 11.2 Å². The van der Waals surface area contributed by atoms with Gasteiger partial charge in [0.1, 0.15) is 11.3 Å². The molecule has 11 nitrogen and oxygen atoms in total. The number of hydrogen-bond acceptors (Lipinski definition) is 8. The average molecular weight is 593 g/mol. The molecule has 0 saturated carbocycles. The van der Waals surface area contributed by atoms with Crippen LogP contribution in [0.3, 0.4) is 0 Å². The van der Waals surface area contributed by atoms with Crippen molar-refractivity contribution in [2.75, 3.05) is 37.8 Å². The van der Waals surface area contributed by atoms with Crippen LogP contribution in [0.15, 0.2) is 61.2 Å². The van der Waals surface area contributed by atoms with Crippen molar-refractivity contribution in [3.8, 4) is 33.9 Å². The Morgan fingerprint density at radius 3 is 2.50 bits per heavy atom. The van der Waals surface area contributed by atoms with Crippen molar-refractivity contribution in [3.05, 3.63) is 67.0 Å². The molecule has 0 aliphatic rings. The Bertz CT molecular complexity index is 1990. The number of fused-ring (bicyclic) bond motifs is 2. The van der Waals surface area contributed by atoms with Gasteiger partial charge in [-0.15, -0.1) is 0 Å². The minimum atomic E-state index is -0.541. The minimum absolute atomic E-state index is 0.106. The molecular weight excluding hydrogens is 559 g/mol. The van der Waals surface area contributed by atoms with Crippen molar-refractivity contribution >= 4 is 39.3 Å². The van der Waals surface area contributed by atoms with Crippen LogP contribution in [0.1, 0.15) is 20.8 Å². The minimum Gasteiger partial charge on any atom is -0.384 e. The summed E-state index contributed by atoms with van der Waals surface area (Å²) in [4.78, 5) is 36.3. The SMILES string of the molecule is CN(C)CCNc1cc(F)cc(-c2cncc3[nH]c(-c4n[nH]c5ccc(-c6cncc(NC(=O)C(C)(C)C)c6)nc45)nc23)c1. The number of rotatable bonds is 8. The number of pyridine rings is 3. The summed E-state index contributed by atoms with van der Waals surface area (Å²) in [5, 5.41) is 13.7. The van der Waals surface area contributed by atoms with Crippen LogP contribution < -0.4 is 10.6 Å². The van der Waals surface area contributed by atoms with Crippen LogP contribution in [-0.2, 0) is 4.79 Å². The molecule has 5 aromatic heterocycles. The summed E-state index contributed by atoms with van der Waals surface area (Å²) in [6.07, 6.45) is 6.67. The molecular formula is C32H33FN10O. The lowest BCUT2D eigenvalue weighted by molar-refractivity contribution is -0.123. The number of aromatic nitrogens is 7. The molecule has 6 aromatic rings. The van der Waals surface area contributed by atoms with Crippen molar-refractivity contribution in [3.63, 3.8) is 0 Å². The van der Waals surface area contributed by atoms with Crippen LogP contribution >= 0.6 is 0 Å². The van der Waals surface area contributed by atoms with E-state index < -0.39 is 5.41 Å². The molecule has 0 bridgehead atoms. The lowest BCUT2D eigenvalue weighted by Gasteiger charge is -2.17. The van der Waals surface area contributed by atoms with Crippen molar-refractivity contribution in [1.82, 2.24) is 40.0 Å². The van der Waals surface area contributed by atoms with Gasteiger partial charge >= 0.3 is 0 Å². The van der Waals surface area contributed by atoms with Gasteiger partial charge in [-0.05, 0) is 56.1 Å². The standard InChI is InChI=1S/C32H33FN10O/c1-32(2,3)31(44)37-22-12-19(14-34-15-22)24-6-7-25-28(38-24)29(42-41-25)30-39-26-17-35-16-23(27(26)40-30)18-10-20(33)13-21(11-18)36-8-9-43(4)5/h6-7,10-17,36H,8-9H2,1-5H3,(H,37,44)(H,39,40)(H,41,42). The highest BCUT2D eigenvalue weighted by molar-refractivity contribution is 5.97. The smallest absolute Gasteiger partial charge is 0.229 e. The maximum absolute atomic E-state index is 14.7. The Kier molecular flexibility index (Phi) is 7.52. The third-order valence-corrected chi connectivity index (χ3v) is 7.10. The first kappa shape index (κ1) is 28.9. The number of hydrogen-bond donors (Lipinski definition) is 4. The van der Waals surface area contributed by atoms with E-state index in [0.29, 0.717) is 62.8 Å². The van der Waals surface area contributed by atoms with Crippen molar-refractivity contribution in [2.24, 2.45) is 5.41 Å². The number of imidazole rings is 1. The molecule has 0 fully saturated rings. The van der Waals surface area contributed by atoms with E-state index >= 15 is 0 Å². The van der Waals surface area contributed by atoms with E-state index in [1.54, 1.807) is 24.8 Å². The van der Waals surface area contributed by atoms with Gasteiger partial charge in [-0.1, -0.05) is 20.8 Å². The van der Waals surface area contributed by atoms with E-state index in [2.05, 4.69) is 40.7 Å². The zero-order valence-electron chi connectivity index (χ0n) is 25.2. The van der Waals surface area contributed by atoms with Gasteiger partial charge in [-0.25, -0.2) is 14.4 Å². The van der Waals surface area contributed by atoms with E-state index in [1.165, 1.54) is 12.1 Å². The lowest BCUT2D eigenvalue weighted by Crippen LogP contribution is -2.27. The number of aromatic amines is 2. The largest absolute Gasteiger partial charge is 0.384 e. The van der Waals surface area contributed by atoms with E-state index in [0.717, 1.165) is 17.6 Å². The Labute approximate surface area is 253 Å². The summed E-state index contributed by atoms with van der Waals surface area (Å²) >= 11 is 0. The fourth-order valence-electron chi connectivity index (χ4n) is 4.72. The second kappa shape index (κ2) is 11.5. The molecule has 0 atom stereocenters. The number of H-pyrrole nitrogens is 2. The quantitative estimate of drug-likeness (QED) is 0.176. The average Bonchev–Trinajstić information content (AvgIpc) is 3.60. The first-order chi connectivity index (χ1) is 21.0. The van der Waals surface area contributed by atoms with Gasteiger partial charge < -0.3 is 20.5 Å². The molecule has 12 heteroatoms. The van der Waals surface area contributed by atoms with Gasteiger partial charge in [0.15, 0.2) is 11.5 Å². The third-order valence-electron chi connectivity index (χ3n) is 7.10. The number of nitrogens with zero attached hydrogens (tertiary/aromatic N) is 6. The van der Waals surface area contributed by atoms with Gasteiger partial charge in [-0.3, -0.25) is 19.9 Å².